The minimum Gasteiger partial charge on any atom is -0.495 e. The Morgan fingerprint density at radius 2 is 1.86 bits per heavy atom. The molecule has 0 N–H and O–H groups in total. The molecule has 0 spiro atoms. The first-order chi connectivity index (χ1) is 13.5. The average Bonchev–Trinajstić information content (AvgIpc) is 3.25. The summed E-state index contributed by atoms with van der Waals surface area (Å²) in [5.41, 5.74) is 2.93. The maximum absolute atomic E-state index is 11.9. The van der Waals surface area contributed by atoms with Crippen LogP contribution in [0.15, 0.2) is 53.7 Å². The lowest BCUT2D eigenvalue weighted by Crippen LogP contribution is -2.08. The molecule has 6 nitrogen and oxygen atoms in total. The van der Waals surface area contributed by atoms with Gasteiger partial charge in [0, 0.05) is 10.8 Å². The first-order valence-electron chi connectivity index (χ1n) is 9.00. The molecule has 1 unspecified atom stereocenters. The number of hydrogen-bond acceptors (Lipinski definition) is 6. The predicted octanol–water partition coefficient (Wildman–Crippen LogP) is 3.53. The topological polar surface area (TPSA) is 74.1 Å². The molecule has 8 heteroatoms. The van der Waals surface area contributed by atoms with Crippen molar-refractivity contribution in [3.63, 3.8) is 0 Å². The quantitative estimate of drug-likeness (QED) is 0.635. The van der Waals surface area contributed by atoms with Gasteiger partial charge >= 0.3 is 0 Å². The predicted molar refractivity (Wildman–Crippen MR) is 111 cm³/mol. The van der Waals surface area contributed by atoms with Crippen molar-refractivity contribution in [3.05, 3.63) is 54.1 Å². The molecule has 1 fully saturated rings. The van der Waals surface area contributed by atoms with E-state index in [9.17, 15) is 8.42 Å². The van der Waals surface area contributed by atoms with Gasteiger partial charge in [0.15, 0.2) is 20.8 Å². The Hall–Kier alpha value is -2.32. The number of aromatic nitrogens is 3. The molecule has 1 aromatic heterocycles. The summed E-state index contributed by atoms with van der Waals surface area (Å²) >= 11 is 1.47. The molecule has 146 valence electrons. The lowest BCUT2D eigenvalue weighted by atomic mass is 10.1. The van der Waals surface area contributed by atoms with Gasteiger partial charge in [-0.15, -0.1) is 10.2 Å². The second-order valence-electron chi connectivity index (χ2n) is 6.82. The van der Waals surface area contributed by atoms with E-state index in [1.165, 1.54) is 11.8 Å². The number of methoxy groups -OCH3 is 1. The smallest absolute Gasteiger partial charge is 0.196 e. The number of aryl methyl sites for hydroxylation is 1. The summed E-state index contributed by atoms with van der Waals surface area (Å²) in [7, 11) is -1.33. The Balaban J connectivity index is 1.81. The molecule has 0 aliphatic carbocycles. The van der Waals surface area contributed by atoms with Crippen molar-refractivity contribution < 1.29 is 13.2 Å². The molecule has 3 aromatic rings. The van der Waals surface area contributed by atoms with Gasteiger partial charge in [-0.25, -0.2) is 8.42 Å². The highest BCUT2D eigenvalue weighted by Gasteiger charge is 2.31. The van der Waals surface area contributed by atoms with E-state index < -0.39 is 9.84 Å². The molecule has 0 radical (unpaired) electrons. The fourth-order valence-electron chi connectivity index (χ4n) is 3.27. The van der Waals surface area contributed by atoms with E-state index in [0.717, 1.165) is 16.8 Å². The summed E-state index contributed by atoms with van der Waals surface area (Å²) in [5, 5.41) is 9.49. The first-order valence-corrected chi connectivity index (χ1v) is 11.7. The van der Waals surface area contributed by atoms with Crippen LogP contribution in [0.2, 0.25) is 0 Å². The SMILES string of the molecule is COc1ccccc1-n1c(SC2CCS(=O)(=O)C2)nnc1-c1ccc(C)cc1. The fraction of sp³-hybridized carbons (Fsp3) is 0.300. The standard InChI is InChI=1S/C20H21N3O3S2/c1-14-7-9-15(10-8-14)19-21-22-20(27-16-11-12-28(24,25)13-16)23(19)17-5-3-4-6-18(17)26-2/h3-10,16H,11-13H2,1-2H3. The van der Waals surface area contributed by atoms with Crippen molar-refractivity contribution in [2.45, 2.75) is 23.8 Å². The van der Waals surface area contributed by atoms with Crippen LogP contribution in [0.25, 0.3) is 17.1 Å². The van der Waals surface area contributed by atoms with Gasteiger partial charge in [-0.05, 0) is 25.5 Å². The van der Waals surface area contributed by atoms with Crippen LogP contribution >= 0.6 is 11.8 Å². The number of hydrogen-bond donors (Lipinski definition) is 0. The molecule has 1 aliphatic rings. The summed E-state index contributed by atoms with van der Waals surface area (Å²) in [6.45, 7) is 2.04. The van der Waals surface area contributed by atoms with Gasteiger partial charge in [0.1, 0.15) is 5.75 Å². The number of thioether (sulfide) groups is 1. The summed E-state index contributed by atoms with van der Waals surface area (Å²) in [6, 6.07) is 15.8. The van der Waals surface area contributed by atoms with Gasteiger partial charge < -0.3 is 4.74 Å². The van der Waals surface area contributed by atoms with Crippen LogP contribution in [0.4, 0.5) is 0 Å². The second-order valence-corrected chi connectivity index (χ2v) is 10.3. The van der Waals surface area contributed by atoms with Crippen molar-refractivity contribution in [1.29, 1.82) is 0 Å². The maximum Gasteiger partial charge on any atom is 0.196 e. The Bertz CT molecular complexity index is 1090. The summed E-state index contributed by atoms with van der Waals surface area (Å²) in [5.74, 6) is 1.82. The van der Waals surface area contributed by atoms with Crippen LogP contribution in [0.1, 0.15) is 12.0 Å². The van der Waals surface area contributed by atoms with E-state index in [0.29, 0.717) is 23.2 Å². The highest BCUT2D eigenvalue weighted by Crippen LogP contribution is 2.36. The van der Waals surface area contributed by atoms with Crippen LogP contribution in [0.5, 0.6) is 5.75 Å². The first kappa shape index (κ1) is 19.0. The molecule has 2 heterocycles. The molecule has 0 saturated carbocycles. The summed E-state index contributed by atoms with van der Waals surface area (Å²) < 4.78 is 31.3. The number of sulfone groups is 1. The van der Waals surface area contributed by atoms with Gasteiger partial charge in [-0.3, -0.25) is 4.57 Å². The van der Waals surface area contributed by atoms with Crippen molar-refractivity contribution in [1.82, 2.24) is 14.8 Å². The maximum atomic E-state index is 11.9. The zero-order chi connectivity index (χ0) is 19.7. The third-order valence-corrected chi connectivity index (χ3v) is 7.92. The van der Waals surface area contributed by atoms with E-state index in [1.807, 2.05) is 60.0 Å². The second kappa shape index (κ2) is 7.60. The van der Waals surface area contributed by atoms with E-state index in [-0.39, 0.29) is 16.8 Å². The zero-order valence-corrected chi connectivity index (χ0v) is 17.3. The van der Waals surface area contributed by atoms with Gasteiger partial charge in [0.05, 0.1) is 24.3 Å². The van der Waals surface area contributed by atoms with E-state index >= 15 is 0 Å². The van der Waals surface area contributed by atoms with Crippen molar-refractivity contribution in [2.75, 3.05) is 18.6 Å². The molecule has 28 heavy (non-hydrogen) atoms. The van der Waals surface area contributed by atoms with Crippen LogP contribution in [0, 0.1) is 6.92 Å². The molecular weight excluding hydrogens is 394 g/mol. The van der Waals surface area contributed by atoms with Crippen molar-refractivity contribution in [3.8, 4) is 22.8 Å². The minimum absolute atomic E-state index is 0.0199. The molecule has 2 aromatic carbocycles. The number of para-hydroxylation sites is 2. The van der Waals surface area contributed by atoms with Gasteiger partial charge in [-0.1, -0.05) is 53.7 Å². The zero-order valence-electron chi connectivity index (χ0n) is 15.7. The van der Waals surface area contributed by atoms with Crippen LogP contribution in [-0.4, -0.2) is 47.0 Å². The molecular formula is C20H21N3O3S2. The van der Waals surface area contributed by atoms with Crippen LogP contribution < -0.4 is 4.74 Å². The summed E-state index contributed by atoms with van der Waals surface area (Å²) in [4.78, 5) is 0. The van der Waals surface area contributed by atoms with Crippen molar-refractivity contribution >= 4 is 21.6 Å². The molecule has 1 saturated heterocycles. The Labute approximate surface area is 168 Å². The Morgan fingerprint density at radius 1 is 1.11 bits per heavy atom. The normalized spacial score (nSPS) is 18.3. The van der Waals surface area contributed by atoms with E-state index in [1.54, 1.807) is 7.11 Å². The van der Waals surface area contributed by atoms with Gasteiger partial charge in [-0.2, -0.15) is 0 Å². The molecule has 0 bridgehead atoms. The lowest BCUT2D eigenvalue weighted by Gasteiger charge is -2.15. The number of rotatable bonds is 5. The minimum atomic E-state index is -2.96. The van der Waals surface area contributed by atoms with E-state index in [2.05, 4.69) is 10.2 Å². The highest BCUT2D eigenvalue weighted by atomic mass is 32.2. The number of benzene rings is 2. The Kier molecular flexibility index (Phi) is 5.16. The fourth-order valence-corrected chi connectivity index (χ4v) is 6.77. The average molecular weight is 416 g/mol. The highest BCUT2D eigenvalue weighted by molar-refractivity contribution is 8.01. The van der Waals surface area contributed by atoms with Crippen LogP contribution in [-0.2, 0) is 9.84 Å². The van der Waals surface area contributed by atoms with Crippen molar-refractivity contribution in [2.24, 2.45) is 0 Å². The molecule has 4 rings (SSSR count). The molecule has 1 aliphatic heterocycles. The third-order valence-electron chi connectivity index (χ3n) is 4.73. The largest absolute Gasteiger partial charge is 0.495 e. The number of nitrogens with zero attached hydrogens (tertiary/aromatic N) is 3. The summed E-state index contributed by atoms with van der Waals surface area (Å²) in [6.07, 6.45) is 0.631. The molecule has 1 atom stereocenters. The van der Waals surface area contributed by atoms with Gasteiger partial charge in [0.25, 0.3) is 0 Å². The van der Waals surface area contributed by atoms with Crippen LogP contribution in [0.3, 0.4) is 0 Å². The lowest BCUT2D eigenvalue weighted by molar-refractivity contribution is 0.412. The number of ether oxygens (including phenoxy) is 1. The van der Waals surface area contributed by atoms with E-state index in [4.69, 9.17) is 4.74 Å². The van der Waals surface area contributed by atoms with Gasteiger partial charge in [0.2, 0.25) is 0 Å². The monoisotopic (exact) mass is 415 g/mol. The Morgan fingerprint density at radius 3 is 2.54 bits per heavy atom. The third kappa shape index (κ3) is 3.79. The molecule has 0 amide bonds.